The number of fused-ring (bicyclic) bond motifs is 2. The second kappa shape index (κ2) is 9.72. The van der Waals surface area contributed by atoms with Crippen molar-refractivity contribution in [2.75, 3.05) is 4.90 Å². The summed E-state index contributed by atoms with van der Waals surface area (Å²) in [5.74, 6) is -1.10. The minimum atomic E-state index is -4.60. The molecule has 2 N–H and O–H groups in total. The van der Waals surface area contributed by atoms with Gasteiger partial charge in [-0.15, -0.1) is 0 Å². The summed E-state index contributed by atoms with van der Waals surface area (Å²) in [6.07, 6.45) is 0.131. The number of pyridine rings is 1. The van der Waals surface area contributed by atoms with Gasteiger partial charge in [-0.2, -0.15) is 18.3 Å². The molecule has 2 fully saturated rings. The zero-order valence-corrected chi connectivity index (χ0v) is 21.3. The number of ether oxygens (including phenoxy) is 1. The average Bonchev–Trinajstić information content (AvgIpc) is 3.44. The minimum absolute atomic E-state index is 0.0730. The highest BCUT2D eigenvalue weighted by molar-refractivity contribution is 6.32. The van der Waals surface area contributed by atoms with Crippen LogP contribution < -0.4 is 15.0 Å². The SMILES string of the molecule is CC(C)(Oc1ccc(F)cc1Cl)C(=O)NC1C[C@H]2CC[C@@H](C1)N2c1ccc(-c2n[nH]c(C(F)(F)F)n2)cn1. The van der Waals surface area contributed by atoms with Crippen LogP contribution in [0.2, 0.25) is 5.02 Å². The van der Waals surface area contributed by atoms with E-state index in [4.69, 9.17) is 16.3 Å². The summed E-state index contributed by atoms with van der Waals surface area (Å²) >= 11 is 6.05. The molecule has 0 aliphatic carbocycles. The van der Waals surface area contributed by atoms with E-state index in [1.807, 2.05) is 5.10 Å². The second-order valence-corrected chi connectivity index (χ2v) is 10.4. The van der Waals surface area contributed by atoms with Crippen LogP contribution in [0.5, 0.6) is 5.75 Å². The molecule has 38 heavy (non-hydrogen) atoms. The molecule has 2 aliphatic heterocycles. The standard InChI is InChI=1S/C25H25ClF4N6O2/c1-24(2,38-19-7-4-14(27)9-18(19)26)23(37)32-15-10-16-5-6-17(11-15)36(16)20-8-3-13(12-31-20)21-33-22(35-34-21)25(28,29)30/h3-4,7-9,12,15-17H,5-6,10-11H2,1-2H3,(H,32,37)(H,33,34,35)/t15?,16-,17+. The van der Waals surface area contributed by atoms with E-state index in [1.54, 1.807) is 26.0 Å². The van der Waals surface area contributed by atoms with Crippen LogP contribution in [0.4, 0.5) is 23.4 Å². The van der Waals surface area contributed by atoms with E-state index in [9.17, 15) is 22.4 Å². The van der Waals surface area contributed by atoms with Crippen LogP contribution in [0.1, 0.15) is 45.4 Å². The van der Waals surface area contributed by atoms with Crippen molar-refractivity contribution in [2.24, 2.45) is 0 Å². The highest BCUT2D eigenvalue weighted by Gasteiger charge is 2.43. The molecule has 1 amide bonds. The Hall–Kier alpha value is -3.41. The van der Waals surface area contributed by atoms with Gasteiger partial charge in [0, 0.05) is 29.9 Å². The van der Waals surface area contributed by atoms with Gasteiger partial charge in [-0.25, -0.2) is 14.4 Å². The quantitative estimate of drug-likeness (QED) is 0.411. The lowest BCUT2D eigenvalue weighted by Crippen LogP contribution is -2.55. The van der Waals surface area contributed by atoms with Crippen LogP contribution in [0.25, 0.3) is 11.4 Å². The zero-order chi connectivity index (χ0) is 27.2. The lowest BCUT2D eigenvalue weighted by atomic mass is 9.96. The number of aromatic nitrogens is 4. The molecule has 1 aromatic carbocycles. The van der Waals surface area contributed by atoms with E-state index in [-0.39, 0.29) is 40.6 Å². The molecular weight excluding hydrogens is 528 g/mol. The zero-order valence-electron chi connectivity index (χ0n) is 20.5. The molecule has 1 unspecified atom stereocenters. The number of aromatic amines is 1. The highest BCUT2D eigenvalue weighted by atomic mass is 35.5. The van der Waals surface area contributed by atoms with Gasteiger partial charge in [0.15, 0.2) is 11.4 Å². The fourth-order valence-electron chi connectivity index (χ4n) is 5.10. The van der Waals surface area contributed by atoms with Crippen LogP contribution in [-0.2, 0) is 11.0 Å². The number of rotatable bonds is 6. The van der Waals surface area contributed by atoms with Crippen LogP contribution in [0.3, 0.4) is 0 Å². The molecule has 2 saturated heterocycles. The summed E-state index contributed by atoms with van der Waals surface area (Å²) in [5.41, 5.74) is -0.861. The van der Waals surface area contributed by atoms with Crippen molar-refractivity contribution < 1.29 is 27.1 Å². The first-order chi connectivity index (χ1) is 17.9. The second-order valence-electron chi connectivity index (χ2n) is 10.0. The topological polar surface area (TPSA) is 96.0 Å². The first-order valence-electron chi connectivity index (χ1n) is 12.1. The van der Waals surface area contributed by atoms with Gasteiger partial charge in [0.05, 0.1) is 5.02 Å². The number of hydrogen-bond donors (Lipinski definition) is 2. The summed E-state index contributed by atoms with van der Waals surface area (Å²) in [6, 6.07) is 7.36. The van der Waals surface area contributed by atoms with Crippen LogP contribution in [0, 0.1) is 5.82 Å². The lowest BCUT2D eigenvalue weighted by Gasteiger charge is -2.40. The smallest absolute Gasteiger partial charge is 0.451 e. The number of amides is 1. The predicted molar refractivity (Wildman–Crippen MR) is 131 cm³/mol. The highest BCUT2D eigenvalue weighted by Crippen LogP contribution is 2.39. The van der Waals surface area contributed by atoms with Gasteiger partial charge in [0.25, 0.3) is 5.91 Å². The first-order valence-corrected chi connectivity index (χ1v) is 12.5. The van der Waals surface area contributed by atoms with Crippen molar-refractivity contribution in [1.29, 1.82) is 0 Å². The number of halogens is 5. The number of H-pyrrole nitrogens is 1. The third-order valence-corrected chi connectivity index (χ3v) is 7.19. The summed E-state index contributed by atoms with van der Waals surface area (Å²) in [6.45, 7) is 3.26. The summed E-state index contributed by atoms with van der Waals surface area (Å²) in [7, 11) is 0. The third-order valence-electron chi connectivity index (χ3n) is 6.90. The Morgan fingerprint density at radius 1 is 1.16 bits per heavy atom. The van der Waals surface area contributed by atoms with Gasteiger partial charge in [0.2, 0.25) is 5.82 Å². The number of anilines is 1. The number of alkyl halides is 3. The number of carbonyl (C=O) groups excluding carboxylic acids is 1. The molecule has 5 rings (SSSR count). The Morgan fingerprint density at radius 2 is 1.87 bits per heavy atom. The fraction of sp³-hybridized carbons (Fsp3) is 0.440. The van der Waals surface area contributed by atoms with E-state index in [1.165, 1.54) is 18.3 Å². The summed E-state index contributed by atoms with van der Waals surface area (Å²) in [5, 5.41) is 8.72. The number of piperidine rings is 1. The van der Waals surface area contributed by atoms with E-state index in [2.05, 4.69) is 25.3 Å². The van der Waals surface area contributed by atoms with Crippen LogP contribution in [-0.4, -0.2) is 49.8 Å². The predicted octanol–water partition coefficient (Wildman–Crippen LogP) is 5.15. The number of nitrogens with one attached hydrogen (secondary N) is 2. The lowest BCUT2D eigenvalue weighted by molar-refractivity contribution is -0.144. The maximum absolute atomic E-state index is 13.3. The van der Waals surface area contributed by atoms with Gasteiger partial charge in [0.1, 0.15) is 17.4 Å². The Balaban J connectivity index is 1.22. The normalized spacial score (nSPS) is 21.4. The molecule has 2 bridgehead atoms. The molecule has 4 heterocycles. The Morgan fingerprint density at radius 3 is 2.45 bits per heavy atom. The van der Waals surface area contributed by atoms with E-state index in [0.29, 0.717) is 24.2 Å². The molecule has 0 saturated carbocycles. The van der Waals surface area contributed by atoms with Gasteiger partial charge in [-0.1, -0.05) is 11.6 Å². The first kappa shape index (κ1) is 26.2. The summed E-state index contributed by atoms with van der Waals surface area (Å²) < 4.78 is 57.6. The number of carbonyl (C=O) groups is 1. The number of nitrogens with zero attached hydrogens (tertiary/aromatic N) is 4. The van der Waals surface area contributed by atoms with E-state index >= 15 is 0 Å². The van der Waals surface area contributed by atoms with Gasteiger partial charge < -0.3 is 15.0 Å². The largest absolute Gasteiger partial charge is 0.476 e. The Kier molecular flexibility index (Phi) is 6.70. The average molecular weight is 553 g/mol. The molecular formula is C25H25ClF4N6O2. The third kappa shape index (κ3) is 5.27. The molecule has 0 radical (unpaired) electrons. The maximum Gasteiger partial charge on any atom is 0.451 e. The Bertz CT molecular complexity index is 1320. The van der Waals surface area contributed by atoms with Crippen molar-refractivity contribution >= 4 is 23.3 Å². The fourth-order valence-corrected chi connectivity index (χ4v) is 5.30. The molecule has 0 spiro atoms. The molecule has 2 aliphatic rings. The van der Waals surface area contributed by atoms with Crippen LogP contribution in [0.15, 0.2) is 36.5 Å². The molecule has 13 heteroatoms. The van der Waals surface area contributed by atoms with Gasteiger partial charge in [-0.3, -0.25) is 9.89 Å². The van der Waals surface area contributed by atoms with Crippen molar-refractivity contribution in [3.8, 4) is 17.1 Å². The molecule has 8 nitrogen and oxygen atoms in total. The molecule has 2 aromatic heterocycles. The molecule has 3 aromatic rings. The summed E-state index contributed by atoms with van der Waals surface area (Å²) in [4.78, 5) is 23.3. The molecule has 3 atom stereocenters. The van der Waals surface area contributed by atoms with Crippen molar-refractivity contribution in [3.63, 3.8) is 0 Å². The van der Waals surface area contributed by atoms with Gasteiger partial charge in [-0.05, 0) is 69.9 Å². The van der Waals surface area contributed by atoms with Gasteiger partial charge >= 0.3 is 6.18 Å². The van der Waals surface area contributed by atoms with Crippen molar-refractivity contribution in [2.45, 2.75) is 69.4 Å². The minimum Gasteiger partial charge on any atom is -0.476 e. The molecule has 202 valence electrons. The van der Waals surface area contributed by atoms with Crippen LogP contribution >= 0.6 is 11.6 Å². The van der Waals surface area contributed by atoms with Crippen molar-refractivity contribution in [1.82, 2.24) is 25.5 Å². The van der Waals surface area contributed by atoms with Crippen molar-refractivity contribution in [3.05, 3.63) is 53.2 Å². The Labute approximate surface area is 220 Å². The monoisotopic (exact) mass is 552 g/mol. The number of hydrogen-bond acceptors (Lipinski definition) is 6. The maximum atomic E-state index is 13.3. The van der Waals surface area contributed by atoms with E-state index < -0.39 is 23.4 Å². The van der Waals surface area contributed by atoms with E-state index in [0.717, 1.165) is 18.9 Å². The number of benzene rings is 1.